The molecule has 0 saturated heterocycles. The second-order valence-electron chi connectivity index (χ2n) is 4.88. The first-order valence-electron chi connectivity index (χ1n) is 6.74. The number of carbonyl (C=O) groups excluding carboxylic acids is 1. The Bertz CT molecular complexity index is 595. The minimum absolute atomic E-state index is 0.0550. The van der Waals surface area contributed by atoms with Crippen LogP contribution in [0, 0.1) is 0 Å². The molecule has 2 aromatic carbocycles. The number of nitrogens with one attached hydrogen (secondary N) is 1. The van der Waals surface area contributed by atoms with Gasteiger partial charge in [-0.1, -0.05) is 35.9 Å². The van der Waals surface area contributed by atoms with E-state index in [0.717, 1.165) is 11.3 Å². The molecule has 1 N–H and O–H groups in total. The molecule has 1 atom stereocenters. The van der Waals surface area contributed by atoms with Gasteiger partial charge in [0.05, 0.1) is 6.04 Å². The fraction of sp³-hybridized carbons (Fsp3) is 0.235. The third-order valence-corrected chi connectivity index (χ3v) is 4.12. The summed E-state index contributed by atoms with van der Waals surface area (Å²) in [5, 5.41) is 3.69. The first-order valence-corrected chi connectivity index (χ1v) is 8.51. The van der Waals surface area contributed by atoms with Gasteiger partial charge in [0, 0.05) is 16.3 Å². The smallest absolute Gasteiger partial charge is 0.251 e. The fourth-order valence-electron chi connectivity index (χ4n) is 2.03. The summed E-state index contributed by atoms with van der Waals surface area (Å²) in [5.74, 6) is 0.899. The summed E-state index contributed by atoms with van der Waals surface area (Å²) in [6.45, 7) is 1.96. The van der Waals surface area contributed by atoms with Gasteiger partial charge in [-0.2, -0.15) is 11.8 Å². The Labute approximate surface area is 134 Å². The summed E-state index contributed by atoms with van der Waals surface area (Å²) >= 11 is 7.64. The Morgan fingerprint density at radius 2 is 1.76 bits per heavy atom. The molecule has 0 radical (unpaired) electrons. The predicted molar refractivity (Wildman–Crippen MR) is 91.0 cm³/mol. The zero-order valence-corrected chi connectivity index (χ0v) is 13.7. The van der Waals surface area contributed by atoms with Crippen LogP contribution in [0.1, 0.15) is 34.5 Å². The molecule has 0 aliphatic rings. The number of hydrogen-bond acceptors (Lipinski definition) is 2. The van der Waals surface area contributed by atoms with Crippen LogP contribution in [-0.2, 0) is 5.75 Å². The lowest BCUT2D eigenvalue weighted by atomic mass is 10.1. The predicted octanol–water partition coefficient (Wildman–Crippen LogP) is 4.69. The van der Waals surface area contributed by atoms with Crippen LogP contribution in [0.5, 0.6) is 0 Å². The van der Waals surface area contributed by atoms with Gasteiger partial charge in [0.1, 0.15) is 0 Å². The molecule has 0 spiro atoms. The average molecular weight is 320 g/mol. The van der Waals surface area contributed by atoms with E-state index in [2.05, 4.69) is 11.6 Å². The lowest BCUT2D eigenvalue weighted by Gasteiger charge is -2.14. The highest BCUT2D eigenvalue weighted by atomic mass is 35.5. The molecule has 0 heterocycles. The highest BCUT2D eigenvalue weighted by Gasteiger charge is 2.11. The van der Waals surface area contributed by atoms with Crippen molar-refractivity contribution in [1.82, 2.24) is 5.32 Å². The van der Waals surface area contributed by atoms with Crippen molar-refractivity contribution in [2.75, 3.05) is 6.26 Å². The number of amides is 1. The van der Waals surface area contributed by atoms with E-state index in [4.69, 9.17) is 11.6 Å². The minimum atomic E-state index is -0.0619. The topological polar surface area (TPSA) is 29.1 Å². The number of halogens is 1. The van der Waals surface area contributed by atoms with E-state index in [1.165, 1.54) is 5.56 Å². The van der Waals surface area contributed by atoms with Crippen LogP contribution in [0.2, 0.25) is 5.02 Å². The summed E-state index contributed by atoms with van der Waals surface area (Å²) in [6.07, 6.45) is 2.06. The zero-order chi connectivity index (χ0) is 15.2. The number of rotatable bonds is 5. The van der Waals surface area contributed by atoms with Crippen molar-refractivity contribution in [3.63, 3.8) is 0 Å². The summed E-state index contributed by atoms with van der Waals surface area (Å²) in [4.78, 5) is 12.2. The van der Waals surface area contributed by atoms with Crippen molar-refractivity contribution >= 4 is 29.3 Å². The molecule has 0 aromatic heterocycles. The van der Waals surface area contributed by atoms with E-state index in [-0.39, 0.29) is 11.9 Å². The van der Waals surface area contributed by atoms with Crippen LogP contribution >= 0.6 is 23.4 Å². The van der Waals surface area contributed by atoms with Crippen molar-refractivity contribution in [1.29, 1.82) is 0 Å². The first-order chi connectivity index (χ1) is 10.1. The monoisotopic (exact) mass is 319 g/mol. The summed E-state index contributed by atoms with van der Waals surface area (Å²) in [5.41, 5.74) is 2.94. The van der Waals surface area contributed by atoms with Gasteiger partial charge in [0.15, 0.2) is 0 Å². The van der Waals surface area contributed by atoms with Crippen molar-refractivity contribution in [2.45, 2.75) is 18.7 Å². The maximum absolute atomic E-state index is 12.2. The van der Waals surface area contributed by atoms with Gasteiger partial charge in [0.2, 0.25) is 0 Å². The molecule has 0 bridgehead atoms. The van der Waals surface area contributed by atoms with Crippen LogP contribution in [0.25, 0.3) is 0 Å². The second kappa shape index (κ2) is 7.53. The van der Waals surface area contributed by atoms with E-state index in [1.54, 1.807) is 11.8 Å². The van der Waals surface area contributed by atoms with Crippen molar-refractivity contribution in [2.24, 2.45) is 0 Å². The van der Waals surface area contributed by atoms with Crippen molar-refractivity contribution in [3.8, 4) is 0 Å². The van der Waals surface area contributed by atoms with Crippen LogP contribution in [0.3, 0.4) is 0 Å². The third kappa shape index (κ3) is 4.51. The van der Waals surface area contributed by atoms with E-state index >= 15 is 0 Å². The SMILES string of the molecule is CSCc1ccc(C(=O)N[C@@H](C)c2ccc(Cl)cc2)cc1. The van der Waals surface area contributed by atoms with Crippen LogP contribution in [0.4, 0.5) is 0 Å². The number of carbonyl (C=O) groups is 1. The van der Waals surface area contributed by atoms with Gasteiger partial charge in [0.25, 0.3) is 5.91 Å². The summed E-state index contributed by atoms with van der Waals surface area (Å²) in [7, 11) is 0. The molecular formula is C17H18ClNOS. The van der Waals surface area contributed by atoms with E-state index in [0.29, 0.717) is 10.6 Å². The minimum Gasteiger partial charge on any atom is -0.346 e. The maximum Gasteiger partial charge on any atom is 0.251 e. The first kappa shape index (κ1) is 15.9. The van der Waals surface area contributed by atoms with Crippen LogP contribution in [0.15, 0.2) is 48.5 Å². The van der Waals surface area contributed by atoms with Gasteiger partial charge < -0.3 is 5.32 Å². The summed E-state index contributed by atoms with van der Waals surface area (Å²) in [6, 6.07) is 15.2. The molecule has 2 aromatic rings. The lowest BCUT2D eigenvalue weighted by molar-refractivity contribution is 0.0940. The average Bonchev–Trinajstić information content (AvgIpc) is 2.49. The third-order valence-electron chi connectivity index (χ3n) is 3.24. The normalized spacial score (nSPS) is 12.0. The standard InChI is InChI=1S/C17H18ClNOS/c1-12(14-7-9-16(18)10-8-14)19-17(20)15-5-3-13(4-6-15)11-21-2/h3-10,12H,11H2,1-2H3,(H,19,20)/t12-/m0/s1. The molecule has 0 fully saturated rings. The molecule has 1 amide bonds. The molecule has 0 aliphatic heterocycles. The molecule has 21 heavy (non-hydrogen) atoms. The van der Waals surface area contributed by atoms with Gasteiger partial charge in [-0.3, -0.25) is 4.79 Å². The highest BCUT2D eigenvalue weighted by Crippen LogP contribution is 2.17. The molecular weight excluding hydrogens is 302 g/mol. The van der Waals surface area contributed by atoms with Gasteiger partial charge >= 0.3 is 0 Å². The Balaban J connectivity index is 2.01. The highest BCUT2D eigenvalue weighted by molar-refractivity contribution is 7.97. The second-order valence-corrected chi connectivity index (χ2v) is 6.18. The van der Waals surface area contributed by atoms with Gasteiger partial charge in [-0.25, -0.2) is 0 Å². The summed E-state index contributed by atoms with van der Waals surface area (Å²) < 4.78 is 0. The molecule has 110 valence electrons. The molecule has 2 nitrogen and oxygen atoms in total. The largest absolute Gasteiger partial charge is 0.346 e. The molecule has 2 rings (SSSR count). The van der Waals surface area contributed by atoms with Crippen molar-refractivity contribution in [3.05, 3.63) is 70.2 Å². The van der Waals surface area contributed by atoms with Gasteiger partial charge in [-0.05, 0) is 48.6 Å². The van der Waals surface area contributed by atoms with Crippen molar-refractivity contribution < 1.29 is 4.79 Å². The molecule has 4 heteroatoms. The Kier molecular flexibility index (Phi) is 5.71. The lowest BCUT2D eigenvalue weighted by Crippen LogP contribution is -2.26. The molecule has 0 unspecified atom stereocenters. The molecule has 0 saturated carbocycles. The number of benzene rings is 2. The number of thioether (sulfide) groups is 1. The Morgan fingerprint density at radius 1 is 1.14 bits per heavy atom. The Hall–Kier alpha value is -1.45. The van der Waals surface area contributed by atoms with E-state index in [1.807, 2.05) is 55.5 Å². The fourth-order valence-corrected chi connectivity index (χ4v) is 2.69. The molecule has 0 aliphatic carbocycles. The number of hydrogen-bond donors (Lipinski definition) is 1. The van der Waals surface area contributed by atoms with Crippen LogP contribution < -0.4 is 5.32 Å². The maximum atomic E-state index is 12.2. The Morgan fingerprint density at radius 3 is 2.33 bits per heavy atom. The van der Waals surface area contributed by atoms with Gasteiger partial charge in [-0.15, -0.1) is 0 Å². The van der Waals surface area contributed by atoms with E-state index < -0.39 is 0 Å². The van der Waals surface area contributed by atoms with Crippen LogP contribution in [-0.4, -0.2) is 12.2 Å². The zero-order valence-electron chi connectivity index (χ0n) is 12.1. The van der Waals surface area contributed by atoms with E-state index in [9.17, 15) is 4.79 Å². The quantitative estimate of drug-likeness (QED) is 0.866.